The van der Waals surface area contributed by atoms with Gasteiger partial charge in [0, 0.05) is 12.4 Å². The van der Waals surface area contributed by atoms with Gasteiger partial charge in [0.05, 0.1) is 6.10 Å². The highest BCUT2D eigenvalue weighted by Gasteiger charge is 2.09. The average molecular weight is 361 g/mol. The maximum Gasteiger partial charge on any atom is 0.119 e. The highest BCUT2D eigenvalue weighted by molar-refractivity contribution is 5.71. The van der Waals surface area contributed by atoms with Gasteiger partial charge in [0.1, 0.15) is 12.4 Å². The topological polar surface area (TPSA) is 42.4 Å². The van der Waals surface area contributed by atoms with E-state index in [9.17, 15) is 5.11 Å². The number of pyridine rings is 1. The first kappa shape index (κ1) is 19.1. The van der Waals surface area contributed by atoms with Crippen LogP contribution in [-0.2, 0) is 6.42 Å². The molecule has 3 rings (SSSR count). The fourth-order valence-electron chi connectivity index (χ4n) is 3.51. The average Bonchev–Trinajstić information content (AvgIpc) is 2.66. The fourth-order valence-corrected chi connectivity index (χ4v) is 3.51. The van der Waals surface area contributed by atoms with Crippen LogP contribution < -0.4 is 4.74 Å². The lowest BCUT2D eigenvalue weighted by molar-refractivity contribution is 0.100. The third-order valence-corrected chi connectivity index (χ3v) is 4.75. The van der Waals surface area contributed by atoms with Crippen molar-refractivity contribution in [2.45, 2.75) is 39.7 Å². The largest absolute Gasteiger partial charge is 0.491 e. The summed E-state index contributed by atoms with van der Waals surface area (Å²) in [5.41, 5.74) is 7.45. The predicted octanol–water partition coefficient (Wildman–Crippen LogP) is 5.05. The second kappa shape index (κ2) is 8.83. The normalized spacial score (nSPS) is 12.0. The van der Waals surface area contributed by atoms with E-state index in [0.29, 0.717) is 13.0 Å². The Labute approximate surface area is 161 Å². The number of aliphatic hydroxyl groups is 1. The van der Waals surface area contributed by atoms with Gasteiger partial charge in [-0.1, -0.05) is 35.9 Å². The van der Waals surface area contributed by atoms with Gasteiger partial charge in [-0.25, -0.2) is 0 Å². The molecule has 27 heavy (non-hydrogen) atoms. The standard InChI is InChI=1S/C24H27NO2/c1-17-13-18(2)24(19(3)14-17)21-7-10-23(11-8-21)27-16-22(26)9-6-20-5-4-12-25-15-20/h4-5,7-8,10-15,22,26H,6,9,16H2,1-3H3. The minimum absolute atomic E-state index is 0.294. The van der Waals surface area contributed by atoms with Crippen molar-refractivity contribution in [3.05, 3.63) is 83.2 Å². The molecular formula is C24H27NO2. The van der Waals surface area contributed by atoms with Crippen LogP contribution in [0.25, 0.3) is 11.1 Å². The van der Waals surface area contributed by atoms with Gasteiger partial charge in [-0.3, -0.25) is 4.98 Å². The van der Waals surface area contributed by atoms with Gasteiger partial charge < -0.3 is 9.84 Å². The van der Waals surface area contributed by atoms with Crippen LogP contribution in [0.15, 0.2) is 60.9 Å². The fraction of sp³-hybridized carbons (Fsp3) is 0.292. The zero-order valence-corrected chi connectivity index (χ0v) is 16.3. The van der Waals surface area contributed by atoms with Crippen molar-refractivity contribution in [2.75, 3.05) is 6.61 Å². The van der Waals surface area contributed by atoms with Crippen molar-refractivity contribution in [3.63, 3.8) is 0 Å². The third kappa shape index (κ3) is 5.18. The van der Waals surface area contributed by atoms with Gasteiger partial charge in [0.2, 0.25) is 0 Å². The van der Waals surface area contributed by atoms with Gasteiger partial charge in [-0.2, -0.15) is 0 Å². The Morgan fingerprint density at radius 1 is 1.00 bits per heavy atom. The molecule has 0 radical (unpaired) electrons. The summed E-state index contributed by atoms with van der Waals surface area (Å²) < 4.78 is 5.76. The van der Waals surface area contributed by atoms with E-state index in [1.54, 1.807) is 6.20 Å². The first-order valence-electron chi connectivity index (χ1n) is 9.41. The molecule has 1 aromatic heterocycles. The van der Waals surface area contributed by atoms with Crippen molar-refractivity contribution in [3.8, 4) is 16.9 Å². The van der Waals surface area contributed by atoms with E-state index in [1.165, 1.54) is 27.8 Å². The second-order valence-corrected chi connectivity index (χ2v) is 7.16. The Hall–Kier alpha value is -2.65. The van der Waals surface area contributed by atoms with Crippen molar-refractivity contribution in [1.82, 2.24) is 4.98 Å². The monoisotopic (exact) mass is 361 g/mol. The molecule has 1 heterocycles. The number of hydrogen-bond acceptors (Lipinski definition) is 3. The number of ether oxygens (including phenoxy) is 1. The Kier molecular flexibility index (Phi) is 6.25. The summed E-state index contributed by atoms with van der Waals surface area (Å²) >= 11 is 0. The first-order valence-corrected chi connectivity index (χ1v) is 9.41. The zero-order chi connectivity index (χ0) is 19.2. The van der Waals surface area contributed by atoms with Crippen LogP contribution in [0, 0.1) is 20.8 Å². The molecule has 1 atom stereocenters. The lowest BCUT2D eigenvalue weighted by atomic mass is 9.94. The van der Waals surface area contributed by atoms with Gasteiger partial charge in [-0.15, -0.1) is 0 Å². The summed E-state index contributed by atoms with van der Waals surface area (Å²) in [6.45, 7) is 6.72. The molecule has 0 saturated heterocycles. The number of rotatable bonds is 7. The van der Waals surface area contributed by atoms with E-state index < -0.39 is 6.10 Å². The molecule has 1 unspecified atom stereocenters. The van der Waals surface area contributed by atoms with Crippen LogP contribution in [0.3, 0.4) is 0 Å². The Balaban J connectivity index is 1.56. The molecule has 0 aliphatic carbocycles. The molecule has 3 heteroatoms. The summed E-state index contributed by atoms with van der Waals surface area (Å²) in [6, 6.07) is 16.5. The van der Waals surface area contributed by atoms with E-state index >= 15 is 0 Å². The van der Waals surface area contributed by atoms with Crippen LogP contribution >= 0.6 is 0 Å². The number of hydrogen-bond donors (Lipinski definition) is 1. The maximum absolute atomic E-state index is 10.2. The van der Waals surface area contributed by atoms with E-state index in [4.69, 9.17) is 4.74 Å². The van der Waals surface area contributed by atoms with E-state index in [0.717, 1.165) is 17.7 Å². The second-order valence-electron chi connectivity index (χ2n) is 7.16. The number of aryl methyl sites for hydroxylation is 4. The molecule has 3 nitrogen and oxygen atoms in total. The molecule has 0 bridgehead atoms. The van der Waals surface area contributed by atoms with Crippen molar-refractivity contribution in [2.24, 2.45) is 0 Å². The molecule has 0 fully saturated rings. The van der Waals surface area contributed by atoms with E-state index in [-0.39, 0.29) is 0 Å². The number of benzene rings is 2. The van der Waals surface area contributed by atoms with Crippen LogP contribution in [0.4, 0.5) is 0 Å². The molecule has 2 aromatic carbocycles. The highest BCUT2D eigenvalue weighted by atomic mass is 16.5. The lowest BCUT2D eigenvalue weighted by Crippen LogP contribution is -2.18. The van der Waals surface area contributed by atoms with Crippen LogP contribution in [0.5, 0.6) is 5.75 Å². The van der Waals surface area contributed by atoms with Crippen LogP contribution in [0.1, 0.15) is 28.7 Å². The lowest BCUT2D eigenvalue weighted by Gasteiger charge is -2.14. The first-order chi connectivity index (χ1) is 13.0. The van der Waals surface area contributed by atoms with Gasteiger partial charge in [0.15, 0.2) is 0 Å². The quantitative estimate of drug-likeness (QED) is 0.640. The SMILES string of the molecule is Cc1cc(C)c(-c2ccc(OCC(O)CCc3cccnc3)cc2)c(C)c1. The molecule has 0 saturated carbocycles. The smallest absolute Gasteiger partial charge is 0.119 e. The summed E-state index contributed by atoms with van der Waals surface area (Å²) in [4.78, 5) is 4.09. The summed E-state index contributed by atoms with van der Waals surface area (Å²) in [7, 11) is 0. The number of aliphatic hydroxyl groups excluding tert-OH is 1. The molecule has 0 aliphatic rings. The summed E-state index contributed by atoms with van der Waals surface area (Å²) in [5.74, 6) is 0.779. The molecule has 1 N–H and O–H groups in total. The molecule has 0 aliphatic heterocycles. The van der Waals surface area contributed by atoms with Gasteiger partial charge in [-0.05, 0) is 79.6 Å². The maximum atomic E-state index is 10.2. The van der Waals surface area contributed by atoms with Crippen molar-refractivity contribution >= 4 is 0 Å². The number of nitrogens with zero attached hydrogens (tertiary/aromatic N) is 1. The van der Waals surface area contributed by atoms with E-state index in [2.05, 4.69) is 50.0 Å². The van der Waals surface area contributed by atoms with Crippen LogP contribution in [-0.4, -0.2) is 22.8 Å². The van der Waals surface area contributed by atoms with Gasteiger partial charge in [0.25, 0.3) is 0 Å². The molecule has 140 valence electrons. The Morgan fingerprint density at radius 3 is 2.33 bits per heavy atom. The van der Waals surface area contributed by atoms with Crippen molar-refractivity contribution < 1.29 is 9.84 Å². The molecule has 3 aromatic rings. The predicted molar refractivity (Wildman–Crippen MR) is 110 cm³/mol. The summed E-state index contributed by atoms with van der Waals surface area (Å²) in [6.07, 6.45) is 4.55. The minimum atomic E-state index is -0.494. The summed E-state index contributed by atoms with van der Waals surface area (Å²) in [5, 5.41) is 10.2. The van der Waals surface area contributed by atoms with Crippen molar-refractivity contribution in [1.29, 1.82) is 0 Å². The minimum Gasteiger partial charge on any atom is -0.491 e. The van der Waals surface area contributed by atoms with Crippen LogP contribution in [0.2, 0.25) is 0 Å². The zero-order valence-electron chi connectivity index (χ0n) is 16.3. The Morgan fingerprint density at radius 2 is 1.70 bits per heavy atom. The third-order valence-electron chi connectivity index (χ3n) is 4.75. The van der Waals surface area contributed by atoms with Gasteiger partial charge >= 0.3 is 0 Å². The number of aromatic nitrogens is 1. The molecule has 0 amide bonds. The van der Waals surface area contributed by atoms with E-state index in [1.807, 2.05) is 30.5 Å². The molecular weight excluding hydrogens is 334 g/mol. The highest BCUT2D eigenvalue weighted by Crippen LogP contribution is 2.29. The Bertz CT molecular complexity index is 850. The molecule has 0 spiro atoms.